The summed E-state index contributed by atoms with van der Waals surface area (Å²) in [5.74, 6) is -3.19. The molecule has 104 valence electrons. The fourth-order valence-electron chi connectivity index (χ4n) is 1.74. The van der Waals surface area contributed by atoms with Crippen LogP contribution in [0.3, 0.4) is 0 Å². The summed E-state index contributed by atoms with van der Waals surface area (Å²) in [6, 6.07) is 6.02. The number of halogens is 5. The lowest BCUT2D eigenvalue weighted by atomic mass is 9.97. The summed E-state index contributed by atoms with van der Waals surface area (Å²) < 4.78 is 64.8. The van der Waals surface area contributed by atoms with E-state index >= 15 is 0 Å². The lowest BCUT2D eigenvalue weighted by Gasteiger charge is -2.12. The first kappa shape index (κ1) is 14.2. The smallest absolute Gasteiger partial charge is 0.288 e. The molecule has 20 heavy (non-hydrogen) atoms. The van der Waals surface area contributed by atoms with Crippen molar-refractivity contribution in [2.45, 2.75) is 6.18 Å². The molecule has 0 spiro atoms. The van der Waals surface area contributed by atoms with Crippen LogP contribution in [0.15, 0.2) is 42.5 Å². The zero-order chi connectivity index (χ0) is 14.9. The van der Waals surface area contributed by atoms with E-state index in [1.807, 2.05) is 0 Å². The molecular formula is C14H7F5O. The molecule has 0 fully saturated rings. The Morgan fingerprint density at radius 1 is 0.900 bits per heavy atom. The van der Waals surface area contributed by atoms with Crippen molar-refractivity contribution in [1.82, 2.24) is 0 Å². The number of hydrogen-bond acceptors (Lipinski definition) is 1. The van der Waals surface area contributed by atoms with E-state index in [-0.39, 0.29) is 0 Å². The highest BCUT2D eigenvalue weighted by molar-refractivity contribution is 6.10. The Hall–Kier alpha value is -2.24. The average molecular weight is 286 g/mol. The summed E-state index contributed by atoms with van der Waals surface area (Å²) in [6.45, 7) is 0. The molecule has 0 aliphatic carbocycles. The van der Waals surface area contributed by atoms with Gasteiger partial charge in [-0.05, 0) is 24.3 Å². The van der Waals surface area contributed by atoms with Crippen molar-refractivity contribution in [2.75, 3.05) is 0 Å². The molecule has 0 aliphatic rings. The second-order valence-electron chi connectivity index (χ2n) is 4.00. The van der Waals surface area contributed by atoms with Gasteiger partial charge < -0.3 is 0 Å². The highest BCUT2D eigenvalue weighted by Crippen LogP contribution is 2.33. The fraction of sp³-hybridized carbons (Fsp3) is 0.0714. The standard InChI is InChI=1S/C14H7F5O/c15-8-5-6-12(16)10(7-8)13(20)9-3-1-2-4-11(9)14(17,18)19/h1-7H. The van der Waals surface area contributed by atoms with Crippen LogP contribution in [0.1, 0.15) is 21.5 Å². The molecule has 1 nitrogen and oxygen atoms in total. The van der Waals surface area contributed by atoms with Crippen molar-refractivity contribution in [2.24, 2.45) is 0 Å². The zero-order valence-corrected chi connectivity index (χ0v) is 9.84. The Balaban J connectivity index is 2.57. The van der Waals surface area contributed by atoms with Crippen LogP contribution >= 0.6 is 0 Å². The predicted octanol–water partition coefficient (Wildman–Crippen LogP) is 4.21. The van der Waals surface area contributed by atoms with Gasteiger partial charge >= 0.3 is 6.18 Å². The van der Waals surface area contributed by atoms with E-state index in [0.29, 0.717) is 18.2 Å². The van der Waals surface area contributed by atoms with Crippen molar-refractivity contribution in [3.05, 3.63) is 70.8 Å². The monoisotopic (exact) mass is 286 g/mol. The van der Waals surface area contributed by atoms with Gasteiger partial charge in [0.05, 0.1) is 11.1 Å². The lowest BCUT2D eigenvalue weighted by Crippen LogP contribution is -2.14. The van der Waals surface area contributed by atoms with E-state index < -0.39 is 40.3 Å². The highest BCUT2D eigenvalue weighted by atomic mass is 19.4. The Kier molecular flexibility index (Phi) is 3.57. The summed E-state index contributed by atoms with van der Waals surface area (Å²) in [4.78, 5) is 12.0. The topological polar surface area (TPSA) is 17.1 Å². The molecule has 0 saturated heterocycles. The molecule has 0 bridgehead atoms. The van der Waals surface area contributed by atoms with Crippen molar-refractivity contribution < 1.29 is 26.7 Å². The quantitative estimate of drug-likeness (QED) is 0.597. The van der Waals surface area contributed by atoms with Crippen LogP contribution < -0.4 is 0 Å². The third-order valence-electron chi connectivity index (χ3n) is 2.65. The first-order chi connectivity index (χ1) is 9.30. The SMILES string of the molecule is O=C(c1cc(F)ccc1F)c1ccccc1C(F)(F)F. The lowest BCUT2D eigenvalue weighted by molar-refractivity contribution is -0.137. The molecule has 0 heterocycles. The van der Waals surface area contributed by atoms with Crippen molar-refractivity contribution in [1.29, 1.82) is 0 Å². The summed E-state index contributed by atoms with van der Waals surface area (Å²) in [5, 5.41) is 0. The van der Waals surface area contributed by atoms with Crippen LogP contribution in [0.2, 0.25) is 0 Å². The number of alkyl halides is 3. The molecule has 6 heteroatoms. The van der Waals surface area contributed by atoms with Crippen LogP contribution in [0, 0.1) is 11.6 Å². The molecule has 0 amide bonds. The van der Waals surface area contributed by atoms with E-state index in [4.69, 9.17) is 0 Å². The van der Waals surface area contributed by atoms with Crippen LogP contribution in [-0.2, 0) is 6.18 Å². The van der Waals surface area contributed by atoms with Crippen molar-refractivity contribution >= 4 is 5.78 Å². The number of hydrogen-bond donors (Lipinski definition) is 0. The maximum atomic E-state index is 13.5. The van der Waals surface area contributed by atoms with Crippen LogP contribution in [0.5, 0.6) is 0 Å². The molecule has 0 unspecified atom stereocenters. The molecule has 2 rings (SSSR count). The second-order valence-corrected chi connectivity index (χ2v) is 4.00. The van der Waals surface area contributed by atoms with Crippen LogP contribution in [0.25, 0.3) is 0 Å². The number of ketones is 1. The fourth-order valence-corrected chi connectivity index (χ4v) is 1.74. The summed E-state index contributed by atoms with van der Waals surface area (Å²) >= 11 is 0. The number of rotatable bonds is 2. The molecular weight excluding hydrogens is 279 g/mol. The molecule has 0 radical (unpaired) electrons. The molecule has 2 aromatic rings. The minimum atomic E-state index is -4.75. The van der Waals surface area contributed by atoms with Gasteiger partial charge in [0.25, 0.3) is 0 Å². The zero-order valence-electron chi connectivity index (χ0n) is 9.84. The van der Waals surface area contributed by atoms with E-state index in [1.165, 1.54) is 6.07 Å². The molecule has 2 aromatic carbocycles. The molecule has 0 N–H and O–H groups in total. The van der Waals surface area contributed by atoms with Gasteiger partial charge in [-0.2, -0.15) is 13.2 Å². The molecule has 0 atom stereocenters. The van der Waals surface area contributed by atoms with E-state index in [0.717, 1.165) is 18.2 Å². The Morgan fingerprint density at radius 2 is 1.55 bits per heavy atom. The molecule has 0 aromatic heterocycles. The van der Waals surface area contributed by atoms with Crippen molar-refractivity contribution in [3.63, 3.8) is 0 Å². The van der Waals surface area contributed by atoms with Gasteiger partial charge in [0, 0.05) is 5.56 Å². The summed E-state index contributed by atoms with van der Waals surface area (Å²) in [5.41, 5.74) is -2.64. The van der Waals surface area contributed by atoms with Gasteiger partial charge in [-0.1, -0.05) is 18.2 Å². The first-order valence-electron chi connectivity index (χ1n) is 5.46. The number of benzene rings is 2. The van der Waals surface area contributed by atoms with E-state index in [2.05, 4.69) is 0 Å². The van der Waals surface area contributed by atoms with Gasteiger partial charge in [-0.15, -0.1) is 0 Å². The largest absolute Gasteiger partial charge is 0.417 e. The maximum Gasteiger partial charge on any atom is 0.417 e. The van der Waals surface area contributed by atoms with Gasteiger partial charge in [0.15, 0.2) is 5.78 Å². The van der Waals surface area contributed by atoms with Gasteiger partial charge in [-0.3, -0.25) is 4.79 Å². The van der Waals surface area contributed by atoms with Gasteiger partial charge in [-0.25, -0.2) is 8.78 Å². The van der Waals surface area contributed by atoms with Crippen LogP contribution in [0.4, 0.5) is 22.0 Å². The first-order valence-corrected chi connectivity index (χ1v) is 5.46. The predicted molar refractivity (Wildman–Crippen MR) is 61.2 cm³/mol. The second kappa shape index (κ2) is 5.03. The summed E-state index contributed by atoms with van der Waals surface area (Å²) in [7, 11) is 0. The number of carbonyl (C=O) groups excluding carboxylic acids is 1. The minimum Gasteiger partial charge on any atom is -0.288 e. The minimum absolute atomic E-state index is 0.574. The normalized spacial score (nSPS) is 11.4. The van der Waals surface area contributed by atoms with Gasteiger partial charge in [0.2, 0.25) is 0 Å². The molecule has 0 aliphatic heterocycles. The van der Waals surface area contributed by atoms with Gasteiger partial charge in [0.1, 0.15) is 11.6 Å². The van der Waals surface area contributed by atoms with Crippen molar-refractivity contribution in [3.8, 4) is 0 Å². The Labute approximate surface area is 110 Å². The third kappa shape index (κ3) is 2.68. The van der Waals surface area contributed by atoms with E-state index in [9.17, 15) is 26.7 Å². The average Bonchev–Trinajstić information content (AvgIpc) is 2.40. The van der Waals surface area contributed by atoms with E-state index in [1.54, 1.807) is 0 Å². The highest BCUT2D eigenvalue weighted by Gasteiger charge is 2.35. The number of carbonyl (C=O) groups is 1. The Morgan fingerprint density at radius 3 is 2.20 bits per heavy atom. The summed E-state index contributed by atoms with van der Waals surface area (Å²) in [6.07, 6.45) is -4.75. The van der Waals surface area contributed by atoms with Crippen LogP contribution in [-0.4, -0.2) is 5.78 Å². The maximum absolute atomic E-state index is 13.5. The Bertz CT molecular complexity index is 661. The third-order valence-corrected chi connectivity index (χ3v) is 2.65. The molecule has 0 saturated carbocycles.